The van der Waals surface area contributed by atoms with E-state index in [2.05, 4.69) is 6.58 Å². The molecule has 3 rings (SSSR count). The van der Waals surface area contributed by atoms with Gasteiger partial charge in [0.15, 0.2) is 0 Å². The molecule has 26 heavy (non-hydrogen) atoms. The Bertz CT molecular complexity index is 762. The Kier molecular flexibility index (Phi) is 4.84. The number of carbonyl (C=O) groups is 1. The van der Waals surface area contributed by atoms with E-state index in [0.29, 0.717) is 24.0 Å². The molecule has 1 heterocycles. The van der Waals surface area contributed by atoms with Crippen LogP contribution < -0.4 is 0 Å². The van der Waals surface area contributed by atoms with E-state index in [-0.39, 0.29) is 28.9 Å². The zero-order valence-corrected chi connectivity index (χ0v) is 15.2. The lowest BCUT2D eigenvalue weighted by atomic mass is 9.63. The number of ether oxygens (including phenoxy) is 1. The number of cyclic esters (lactones) is 1. The Morgan fingerprint density at radius 1 is 1.31 bits per heavy atom. The fourth-order valence-corrected chi connectivity index (χ4v) is 4.09. The average molecular weight is 358 g/mol. The molecule has 0 aromatic heterocycles. The van der Waals surface area contributed by atoms with Crippen LogP contribution >= 0.6 is 0 Å². The van der Waals surface area contributed by atoms with Gasteiger partial charge in [-0.15, -0.1) is 0 Å². The zero-order chi connectivity index (χ0) is 19.1. The van der Waals surface area contributed by atoms with Crippen LogP contribution in [-0.2, 0) is 9.53 Å². The molecule has 0 spiro atoms. The summed E-state index contributed by atoms with van der Waals surface area (Å²) in [6.07, 6.45) is 3.39. The third-order valence-electron chi connectivity index (χ3n) is 5.86. The van der Waals surface area contributed by atoms with Crippen LogP contribution in [0.2, 0.25) is 0 Å². The van der Waals surface area contributed by atoms with E-state index in [9.17, 15) is 20.1 Å². The Morgan fingerprint density at radius 3 is 2.77 bits per heavy atom. The molecule has 1 aliphatic carbocycles. The summed E-state index contributed by atoms with van der Waals surface area (Å²) in [4.78, 5) is 12.2. The van der Waals surface area contributed by atoms with Gasteiger partial charge in [0.2, 0.25) is 0 Å². The van der Waals surface area contributed by atoms with Crippen molar-refractivity contribution in [2.24, 2.45) is 11.3 Å². The van der Waals surface area contributed by atoms with Crippen molar-refractivity contribution in [1.29, 1.82) is 0 Å². The Labute approximate surface area is 153 Å². The van der Waals surface area contributed by atoms with Crippen LogP contribution in [0.25, 0.3) is 0 Å². The molecule has 0 amide bonds. The van der Waals surface area contributed by atoms with Gasteiger partial charge in [-0.3, -0.25) is 0 Å². The summed E-state index contributed by atoms with van der Waals surface area (Å²) in [6.45, 7) is 8.25. The Hall–Kier alpha value is -2.27. The van der Waals surface area contributed by atoms with Gasteiger partial charge in [-0.25, -0.2) is 4.79 Å². The van der Waals surface area contributed by atoms with Crippen LogP contribution in [0.5, 0.6) is 11.5 Å². The van der Waals surface area contributed by atoms with E-state index in [1.165, 1.54) is 18.2 Å². The fraction of sp³-hybridized carbons (Fsp3) is 0.476. The van der Waals surface area contributed by atoms with Crippen molar-refractivity contribution < 1.29 is 24.9 Å². The molecule has 3 N–H and O–H groups in total. The maximum Gasteiger partial charge on any atom is 0.334 e. The van der Waals surface area contributed by atoms with Crippen molar-refractivity contribution in [2.45, 2.75) is 51.7 Å². The van der Waals surface area contributed by atoms with Gasteiger partial charge in [-0.05, 0) is 61.3 Å². The van der Waals surface area contributed by atoms with Crippen molar-refractivity contribution in [3.8, 4) is 11.5 Å². The van der Waals surface area contributed by atoms with E-state index in [1.54, 1.807) is 6.08 Å². The standard InChI is InChI=1S/C21H26O5/c1-12-4-9-19(24)21(2,3)16(12)7-5-13-10-18(26-20(13)25)15-11-14(22)6-8-17(15)23/h6,8,10-11,16,18-19,22-24H,1,4-5,7,9H2,2-3H3/t16-,18?,19+/m1/s1. The minimum Gasteiger partial charge on any atom is -0.508 e. The van der Waals surface area contributed by atoms with E-state index in [1.807, 2.05) is 13.8 Å². The number of phenolic OH excluding ortho intramolecular Hbond substituents is 2. The summed E-state index contributed by atoms with van der Waals surface area (Å²) < 4.78 is 5.36. The van der Waals surface area contributed by atoms with Crippen LogP contribution in [0.4, 0.5) is 0 Å². The van der Waals surface area contributed by atoms with E-state index in [0.717, 1.165) is 18.4 Å². The highest BCUT2D eigenvalue weighted by molar-refractivity contribution is 5.91. The molecule has 5 heteroatoms. The molecule has 0 saturated heterocycles. The first-order chi connectivity index (χ1) is 12.2. The maximum absolute atomic E-state index is 12.2. The molecule has 1 fully saturated rings. The summed E-state index contributed by atoms with van der Waals surface area (Å²) >= 11 is 0. The first-order valence-electron chi connectivity index (χ1n) is 8.99. The number of hydrogen-bond donors (Lipinski definition) is 3. The van der Waals surface area contributed by atoms with Gasteiger partial charge in [0, 0.05) is 11.1 Å². The summed E-state index contributed by atoms with van der Waals surface area (Å²) in [5.74, 6) is -0.293. The molecule has 0 bridgehead atoms. The Morgan fingerprint density at radius 2 is 2.04 bits per heavy atom. The van der Waals surface area contributed by atoms with Gasteiger partial charge in [-0.1, -0.05) is 26.0 Å². The highest BCUT2D eigenvalue weighted by Crippen LogP contribution is 2.46. The minimum absolute atomic E-state index is 0.00457. The molecule has 1 aromatic rings. The fourth-order valence-electron chi connectivity index (χ4n) is 4.09. The summed E-state index contributed by atoms with van der Waals surface area (Å²) in [7, 11) is 0. The van der Waals surface area contributed by atoms with Gasteiger partial charge >= 0.3 is 5.97 Å². The molecule has 5 nitrogen and oxygen atoms in total. The second kappa shape index (κ2) is 6.80. The van der Waals surface area contributed by atoms with Crippen molar-refractivity contribution in [3.63, 3.8) is 0 Å². The number of aliphatic hydroxyl groups is 1. The van der Waals surface area contributed by atoms with Crippen LogP contribution in [0.15, 0.2) is 42.0 Å². The van der Waals surface area contributed by atoms with Crippen molar-refractivity contribution in [1.82, 2.24) is 0 Å². The quantitative estimate of drug-likeness (QED) is 0.433. The molecule has 140 valence electrons. The number of rotatable bonds is 4. The third-order valence-corrected chi connectivity index (χ3v) is 5.86. The lowest BCUT2D eigenvalue weighted by Crippen LogP contribution is -2.41. The number of aromatic hydroxyl groups is 2. The monoisotopic (exact) mass is 358 g/mol. The van der Waals surface area contributed by atoms with Crippen LogP contribution in [-0.4, -0.2) is 27.4 Å². The van der Waals surface area contributed by atoms with Gasteiger partial charge in [0.05, 0.1) is 6.10 Å². The summed E-state index contributed by atoms with van der Waals surface area (Å²) in [5.41, 5.74) is 1.77. The first-order valence-corrected chi connectivity index (χ1v) is 8.99. The van der Waals surface area contributed by atoms with E-state index < -0.39 is 12.1 Å². The molecule has 1 aliphatic heterocycles. The summed E-state index contributed by atoms with van der Waals surface area (Å²) in [6, 6.07) is 4.15. The van der Waals surface area contributed by atoms with Gasteiger partial charge in [0.25, 0.3) is 0 Å². The van der Waals surface area contributed by atoms with Crippen LogP contribution in [0.3, 0.4) is 0 Å². The number of benzene rings is 1. The highest BCUT2D eigenvalue weighted by atomic mass is 16.5. The molecule has 2 aliphatic rings. The topological polar surface area (TPSA) is 87.0 Å². The van der Waals surface area contributed by atoms with Crippen LogP contribution in [0.1, 0.15) is 51.2 Å². The molecule has 1 aromatic carbocycles. The van der Waals surface area contributed by atoms with Crippen molar-refractivity contribution in [2.75, 3.05) is 0 Å². The third kappa shape index (κ3) is 3.36. The SMILES string of the molecule is C=C1CC[C@H](O)C(C)(C)[C@@H]1CCC1=CC(c2cc(O)ccc2O)OC1=O. The van der Waals surface area contributed by atoms with Gasteiger partial charge < -0.3 is 20.1 Å². The lowest BCUT2D eigenvalue weighted by molar-refractivity contribution is -0.140. The normalized spacial score (nSPS) is 28.0. The van der Waals surface area contributed by atoms with Gasteiger partial charge in [0.1, 0.15) is 17.6 Å². The number of aliphatic hydroxyl groups excluding tert-OH is 1. The van der Waals surface area contributed by atoms with Crippen LogP contribution in [0, 0.1) is 11.3 Å². The lowest BCUT2D eigenvalue weighted by Gasteiger charge is -2.44. The van der Waals surface area contributed by atoms with Crippen molar-refractivity contribution >= 4 is 5.97 Å². The second-order valence-corrected chi connectivity index (χ2v) is 7.89. The highest BCUT2D eigenvalue weighted by Gasteiger charge is 2.41. The summed E-state index contributed by atoms with van der Waals surface area (Å²) in [5, 5.41) is 29.9. The molecule has 1 saturated carbocycles. The zero-order valence-electron chi connectivity index (χ0n) is 15.2. The largest absolute Gasteiger partial charge is 0.508 e. The number of hydrogen-bond acceptors (Lipinski definition) is 5. The second-order valence-electron chi connectivity index (χ2n) is 7.89. The molecular formula is C21H26O5. The Balaban J connectivity index is 1.74. The number of allylic oxidation sites excluding steroid dienone is 1. The number of carbonyl (C=O) groups excluding carboxylic acids is 1. The molecule has 0 radical (unpaired) electrons. The molecular weight excluding hydrogens is 332 g/mol. The van der Waals surface area contributed by atoms with E-state index in [4.69, 9.17) is 4.74 Å². The number of phenols is 2. The minimum atomic E-state index is -0.697. The predicted octanol–water partition coefficient (Wildman–Crippen LogP) is 3.76. The first kappa shape index (κ1) is 18.5. The maximum atomic E-state index is 12.2. The predicted molar refractivity (Wildman–Crippen MR) is 97.6 cm³/mol. The average Bonchev–Trinajstić information content (AvgIpc) is 2.94. The van der Waals surface area contributed by atoms with Gasteiger partial charge in [-0.2, -0.15) is 0 Å². The smallest absolute Gasteiger partial charge is 0.334 e. The number of esters is 1. The molecule has 1 unspecified atom stereocenters. The molecule has 3 atom stereocenters. The van der Waals surface area contributed by atoms with Crippen molar-refractivity contribution in [3.05, 3.63) is 47.6 Å². The van der Waals surface area contributed by atoms with E-state index >= 15 is 0 Å².